The minimum atomic E-state index is -0.287. The summed E-state index contributed by atoms with van der Waals surface area (Å²) in [5, 5.41) is 18.5. The number of hydrogen-bond donors (Lipinski definition) is 2. The molecule has 3 nitrogen and oxygen atoms in total. The second-order valence-electron chi connectivity index (χ2n) is 3.62. The third kappa shape index (κ3) is 1.08. The van der Waals surface area contributed by atoms with Crippen LogP contribution in [-0.4, -0.2) is 47.0 Å². The maximum absolute atomic E-state index is 9.49. The lowest BCUT2D eigenvalue weighted by Crippen LogP contribution is -2.28. The maximum atomic E-state index is 9.49. The molecule has 0 saturated carbocycles. The second kappa shape index (κ2) is 2.73. The molecule has 0 radical (unpaired) electrons. The first-order valence-electron chi connectivity index (χ1n) is 4.36. The van der Waals surface area contributed by atoms with E-state index in [0.29, 0.717) is 6.04 Å². The number of rotatable bonds is 1. The summed E-state index contributed by atoms with van der Waals surface area (Å²) >= 11 is 0. The Morgan fingerprint density at radius 2 is 2.27 bits per heavy atom. The Balaban J connectivity index is 2.07. The molecule has 2 saturated heterocycles. The summed E-state index contributed by atoms with van der Waals surface area (Å²) in [6.07, 6.45) is 2.10. The van der Waals surface area contributed by atoms with E-state index in [4.69, 9.17) is 5.11 Å². The van der Waals surface area contributed by atoms with Crippen molar-refractivity contribution < 1.29 is 10.2 Å². The highest BCUT2D eigenvalue weighted by Gasteiger charge is 2.42. The molecule has 3 heteroatoms. The quantitative estimate of drug-likeness (QED) is 0.536. The van der Waals surface area contributed by atoms with Gasteiger partial charge in [-0.05, 0) is 19.4 Å². The highest BCUT2D eigenvalue weighted by Crippen LogP contribution is 2.32. The predicted molar refractivity (Wildman–Crippen MR) is 41.2 cm³/mol. The molecule has 0 unspecified atom stereocenters. The van der Waals surface area contributed by atoms with Gasteiger partial charge in [-0.15, -0.1) is 0 Å². The summed E-state index contributed by atoms with van der Waals surface area (Å²) in [4.78, 5) is 2.30. The van der Waals surface area contributed by atoms with Crippen LogP contribution in [0.2, 0.25) is 0 Å². The third-order valence-corrected chi connectivity index (χ3v) is 3.04. The summed E-state index contributed by atoms with van der Waals surface area (Å²) in [5.74, 6) is 0.123. The molecule has 0 amide bonds. The SMILES string of the molecule is OC[C@@H]1[C@@H](O)CN2CCC[C@@H]12. The van der Waals surface area contributed by atoms with Gasteiger partial charge in [0.2, 0.25) is 0 Å². The summed E-state index contributed by atoms with van der Waals surface area (Å²) in [6, 6.07) is 0.468. The van der Waals surface area contributed by atoms with Crippen molar-refractivity contribution in [2.45, 2.75) is 25.0 Å². The number of hydrogen-bond acceptors (Lipinski definition) is 3. The lowest BCUT2D eigenvalue weighted by Gasteiger charge is -2.18. The Morgan fingerprint density at radius 3 is 3.00 bits per heavy atom. The number of nitrogens with zero attached hydrogens (tertiary/aromatic N) is 1. The Kier molecular flexibility index (Phi) is 1.87. The van der Waals surface area contributed by atoms with Gasteiger partial charge in [0.05, 0.1) is 6.10 Å². The van der Waals surface area contributed by atoms with Crippen LogP contribution in [0.4, 0.5) is 0 Å². The Hall–Kier alpha value is -0.120. The van der Waals surface area contributed by atoms with Gasteiger partial charge in [0.15, 0.2) is 0 Å². The third-order valence-electron chi connectivity index (χ3n) is 3.04. The van der Waals surface area contributed by atoms with E-state index in [9.17, 15) is 5.11 Å². The molecule has 0 spiro atoms. The maximum Gasteiger partial charge on any atom is 0.0732 e. The van der Waals surface area contributed by atoms with Gasteiger partial charge in [0, 0.05) is 25.1 Å². The summed E-state index contributed by atoms with van der Waals surface area (Å²) in [6.45, 7) is 2.02. The van der Waals surface area contributed by atoms with Crippen LogP contribution < -0.4 is 0 Å². The molecule has 0 bridgehead atoms. The van der Waals surface area contributed by atoms with Gasteiger partial charge in [0.1, 0.15) is 0 Å². The summed E-state index contributed by atoms with van der Waals surface area (Å²) < 4.78 is 0. The van der Waals surface area contributed by atoms with E-state index in [1.54, 1.807) is 0 Å². The van der Waals surface area contributed by atoms with Crippen molar-refractivity contribution in [3.63, 3.8) is 0 Å². The van der Waals surface area contributed by atoms with Crippen LogP contribution in [0.25, 0.3) is 0 Å². The molecule has 0 aliphatic carbocycles. The zero-order chi connectivity index (χ0) is 7.84. The minimum Gasteiger partial charge on any atom is -0.396 e. The Bertz CT molecular complexity index is 151. The van der Waals surface area contributed by atoms with Crippen molar-refractivity contribution in [3.8, 4) is 0 Å². The standard InChI is InChI=1S/C8H15NO2/c10-5-6-7-2-1-3-9(7)4-8(6)11/h6-8,10-11H,1-5H2/t6-,7-,8-/m0/s1. The first kappa shape index (κ1) is 7.53. The Labute approximate surface area is 66.6 Å². The van der Waals surface area contributed by atoms with Gasteiger partial charge in [-0.1, -0.05) is 0 Å². The molecule has 2 rings (SSSR count). The van der Waals surface area contributed by atoms with Gasteiger partial charge < -0.3 is 10.2 Å². The van der Waals surface area contributed by atoms with Crippen LogP contribution in [0.15, 0.2) is 0 Å². The van der Waals surface area contributed by atoms with Crippen LogP contribution in [-0.2, 0) is 0 Å². The van der Waals surface area contributed by atoms with E-state index >= 15 is 0 Å². The minimum absolute atomic E-state index is 0.123. The molecule has 2 heterocycles. The molecular formula is C8H15NO2. The average Bonchev–Trinajstić information content (AvgIpc) is 2.46. The van der Waals surface area contributed by atoms with Crippen molar-refractivity contribution >= 4 is 0 Å². The van der Waals surface area contributed by atoms with E-state index in [-0.39, 0.29) is 18.6 Å². The highest BCUT2D eigenvalue weighted by atomic mass is 16.3. The topological polar surface area (TPSA) is 43.7 Å². The monoisotopic (exact) mass is 157 g/mol. The Morgan fingerprint density at radius 1 is 1.45 bits per heavy atom. The van der Waals surface area contributed by atoms with Crippen LogP contribution in [0.3, 0.4) is 0 Å². The average molecular weight is 157 g/mol. The lowest BCUT2D eigenvalue weighted by molar-refractivity contribution is 0.0903. The second-order valence-corrected chi connectivity index (χ2v) is 3.62. The molecule has 2 aliphatic rings. The van der Waals surface area contributed by atoms with Crippen LogP contribution >= 0.6 is 0 Å². The molecule has 0 aromatic heterocycles. The number of aliphatic hydroxyl groups excluding tert-OH is 2. The van der Waals surface area contributed by atoms with E-state index < -0.39 is 0 Å². The molecule has 11 heavy (non-hydrogen) atoms. The molecule has 0 aromatic carbocycles. The predicted octanol–water partition coefficient (Wildman–Crippen LogP) is -0.566. The van der Waals surface area contributed by atoms with Crippen LogP contribution in [0.1, 0.15) is 12.8 Å². The molecule has 3 atom stereocenters. The van der Waals surface area contributed by atoms with Gasteiger partial charge in [0.25, 0.3) is 0 Å². The van der Waals surface area contributed by atoms with E-state index in [1.165, 1.54) is 6.42 Å². The van der Waals surface area contributed by atoms with Crippen molar-refractivity contribution in [2.75, 3.05) is 19.7 Å². The lowest BCUT2D eigenvalue weighted by atomic mass is 9.97. The molecule has 2 fully saturated rings. The molecule has 2 N–H and O–H groups in total. The zero-order valence-corrected chi connectivity index (χ0v) is 6.61. The van der Waals surface area contributed by atoms with Gasteiger partial charge in [-0.25, -0.2) is 0 Å². The first-order chi connectivity index (χ1) is 5.33. The smallest absolute Gasteiger partial charge is 0.0732 e. The van der Waals surface area contributed by atoms with Crippen molar-refractivity contribution in [3.05, 3.63) is 0 Å². The van der Waals surface area contributed by atoms with Gasteiger partial charge in [-0.3, -0.25) is 4.90 Å². The molecular weight excluding hydrogens is 142 g/mol. The number of fused-ring (bicyclic) bond motifs is 1. The van der Waals surface area contributed by atoms with Crippen molar-refractivity contribution in [1.82, 2.24) is 4.90 Å². The normalized spacial score (nSPS) is 44.7. The van der Waals surface area contributed by atoms with Gasteiger partial charge in [-0.2, -0.15) is 0 Å². The van der Waals surface area contributed by atoms with Crippen LogP contribution in [0.5, 0.6) is 0 Å². The van der Waals surface area contributed by atoms with E-state index in [1.807, 2.05) is 0 Å². The number of aliphatic hydroxyl groups is 2. The zero-order valence-electron chi connectivity index (χ0n) is 6.61. The summed E-state index contributed by atoms with van der Waals surface area (Å²) in [5.41, 5.74) is 0. The van der Waals surface area contributed by atoms with Gasteiger partial charge >= 0.3 is 0 Å². The fraction of sp³-hybridized carbons (Fsp3) is 1.00. The van der Waals surface area contributed by atoms with Crippen LogP contribution in [0, 0.1) is 5.92 Å². The molecule has 64 valence electrons. The fourth-order valence-electron chi connectivity index (χ4n) is 2.44. The van der Waals surface area contributed by atoms with E-state index in [2.05, 4.69) is 4.90 Å². The van der Waals surface area contributed by atoms with Crippen molar-refractivity contribution in [2.24, 2.45) is 5.92 Å². The van der Waals surface area contributed by atoms with Crippen molar-refractivity contribution in [1.29, 1.82) is 0 Å². The van der Waals surface area contributed by atoms with E-state index in [0.717, 1.165) is 19.5 Å². The molecule has 2 aliphatic heterocycles. The summed E-state index contributed by atoms with van der Waals surface area (Å²) in [7, 11) is 0. The molecule has 0 aromatic rings. The highest BCUT2D eigenvalue weighted by molar-refractivity contribution is 4.96. The largest absolute Gasteiger partial charge is 0.396 e. The fourth-order valence-corrected chi connectivity index (χ4v) is 2.44. The first-order valence-corrected chi connectivity index (χ1v) is 4.36.